The van der Waals surface area contributed by atoms with Crippen molar-refractivity contribution in [1.82, 2.24) is 5.32 Å². The monoisotopic (exact) mass is 351 g/mol. The molecule has 0 aromatic heterocycles. The predicted molar refractivity (Wildman–Crippen MR) is 95.5 cm³/mol. The Morgan fingerprint density at radius 2 is 1.68 bits per heavy atom. The topological polar surface area (TPSA) is 73.9 Å². The standard InChI is InChI=1S/C19H29NO5/c1-13(2)17(24-15-10-8-7-9-11-15)14(3)23-16(21)12-20-18(22)25-19(4,5)6/h7-11,13-14,17H,12H2,1-6H3,(H,20,22)/t14-,17+/m0/s1. The highest BCUT2D eigenvalue weighted by Crippen LogP contribution is 2.19. The summed E-state index contributed by atoms with van der Waals surface area (Å²) >= 11 is 0. The van der Waals surface area contributed by atoms with Gasteiger partial charge in [-0.3, -0.25) is 4.79 Å². The van der Waals surface area contributed by atoms with Crippen molar-refractivity contribution in [1.29, 1.82) is 0 Å². The molecule has 25 heavy (non-hydrogen) atoms. The van der Waals surface area contributed by atoms with Gasteiger partial charge in [-0.15, -0.1) is 0 Å². The van der Waals surface area contributed by atoms with Gasteiger partial charge in [0.05, 0.1) is 0 Å². The second-order valence-corrected chi connectivity index (χ2v) is 7.19. The molecule has 0 unspecified atom stereocenters. The summed E-state index contributed by atoms with van der Waals surface area (Å²) < 4.78 is 16.4. The molecule has 0 aliphatic carbocycles. The lowest BCUT2D eigenvalue weighted by Crippen LogP contribution is -2.41. The van der Waals surface area contributed by atoms with Gasteiger partial charge in [-0.05, 0) is 45.7 Å². The Balaban J connectivity index is 2.52. The number of amides is 1. The van der Waals surface area contributed by atoms with E-state index in [-0.39, 0.29) is 18.6 Å². The van der Waals surface area contributed by atoms with Crippen LogP contribution in [0.3, 0.4) is 0 Å². The van der Waals surface area contributed by atoms with E-state index in [1.165, 1.54) is 0 Å². The zero-order valence-electron chi connectivity index (χ0n) is 15.9. The van der Waals surface area contributed by atoms with Crippen LogP contribution in [0.4, 0.5) is 4.79 Å². The second-order valence-electron chi connectivity index (χ2n) is 7.19. The fourth-order valence-electron chi connectivity index (χ4n) is 2.20. The van der Waals surface area contributed by atoms with E-state index in [1.54, 1.807) is 27.7 Å². The largest absolute Gasteiger partial charge is 0.486 e. The number of hydrogen-bond acceptors (Lipinski definition) is 5. The molecule has 0 heterocycles. The van der Waals surface area contributed by atoms with Gasteiger partial charge in [0.1, 0.15) is 30.1 Å². The van der Waals surface area contributed by atoms with Crippen LogP contribution in [0.5, 0.6) is 5.75 Å². The van der Waals surface area contributed by atoms with E-state index in [0.717, 1.165) is 5.75 Å². The number of nitrogens with one attached hydrogen (secondary N) is 1. The molecular weight excluding hydrogens is 322 g/mol. The summed E-state index contributed by atoms with van der Waals surface area (Å²) in [6, 6.07) is 9.38. The van der Waals surface area contributed by atoms with E-state index in [2.05, 4.69) is 5.32 Å². The van der Waals surface area contributed by atoms with Crippen molar-refractivity contribution in [3.63, 3.8) is 0 Å². The maximum atomic E-state index is 12.0. The zero-order valence-corrected chi connectivity index (χ0v) is 15.9. The lowest BCUT2D eigenvalue weighted by molar-refractivity contribution is -0.152. The van der Waals surface area contributed by atoms with Crippen LogP contribution < -0.4 is 10.1 Å². The van der Waals surface area contributed by atoms with E-state index in [0.29, 0.717) is 0 Å². The smallest absolute Gasteiger partial charge is 0.408 e. The van der Waals surface area contributed by atoms with E-state index < -0.39 is 23.8 Å². The molecule has 0 fully saturated rings. The number of rotatable bonds is 7. The average molecular weight is 351 g/mol. The first-order valence-electron chi connectivity index (χ1n) is 8.46. The lowest BCUT2D eigenvalue weighted by atomic mass is 10.0. The van der Waals surface area contributed by atoms with Gasteiger partial charge in [0.2, 0.25) is 0 Å². The second kappa shape index (κ2) is 9.30. The summed E-state index contributed by atoms with van der Waals surface area (Å²) in [5.74, 6) is 0.318. The van der Waals surface area contributed by atoms with Crippen LogP contribution in [0.2, 0.25) is 0 Å². The molecule has 0 saturated heterocycles. The normalized spacial score (nSPS) is 13.7. The number of carbonyl (C=O) groups excluding carboxylic acids is 2. The molecule has 140 valence electrons. The molecule has 6 heteroatoms. The number of carbonyl (C=O) groups is 2. The Labute approximate surface area is 149 Å². The SMILES string of the molecule is CC(C)[C@@H](Oc1ccccc1)[C@H](C)OC(=O)CNC(=O)OC(C)(C)C. The van der Waals surface area contributed by atoms with Gasteiger partial charge in [0, 0.05) is 0 Å². The highest BCUT2D eigenvalue weighted by atomic mass is 16.6. The highest BCUT2D eigenvalue weighted by Gasteiger charge is 2.26. The van der Waals surface area contributed by atoms with Gasteiger partial charge >= 0.3 is 12.1 Å². The Bertz CT molecular complexity index is 551. The number of para-hydroxylation sites is 1. The predicted octanol–water partition coefficient (Wildman–Crippen LogP) is 3.55. The van der Waals surface area contributed by atoms with E-state index in [1.807, 2.05) is 44.2 Å². The first-order chi connectivity index (χ1) is 11.6. The van der Waals surface area contributed by atoms with Crippen LogP contribution in [0, 0.1) is 5.92 Å². The van der Waals surface area contributed by atoms with Crippen LogP contribution >= 0.6 is 0 Å². The zero-order chi connectivity index (χ0) is 19.0. The Hall–Kier alpha value is -2.24. The molecule has 0 spiro atoms. The minimum absolute atomic E-state index is 0.141. The molecule has 1 amide bonds. The van der Waals surface area contributed by atoms with Crippen LogP contribution in [0.25, 0.3) is 0 Å². The third-order valence-corrected chi connectivity index (χ3v) is 3.23. The number of esters is 1. The van der Waals surface area contributed by atoms with Crippen molar-refractivity contribution >= 4 is 12.1 Å². The van der Waals surface area contributed by atoms with Crippen molar-refractivity contribution in [2.24, 2.45) is 5.92 Å². The molecule has 0 aliphatic heterocycles. The summed E-state index contributed by atoms with van der Waals surface area (Å²) in [7, 11) is 0. The molecule has 6 nitrogen and oxygen atoms in total. The van der Waals surface area contributed by atoms with Crippen molar-refractivity contribution in [2.75, 3.05) is 6.54 Å². The summed E-state index contributed by atoms with van der Waals surface area (Å²) in [5.41, 5.74) is -0.618. The summed E-state index contributed by atoms with van der Waals surface area (Å²) in [4.78, 5) is 23.5. The van der Waals surface area contributed by atoms with Gasteiger partial charge in [0.25, 0.3) is 0 Å². The quantitative estimate of drug-likeness (QED) is 0.761. The van der Waals surface area contributed by atoms with Gasteiger partial charge < -0.3 is 19.5 Å². The maximum Gasteiger partial charge on any atom is 0.408 e. The lowest BCUT2D eigenvalue weighted by Gasteiger charge is -2.28. The maximum absolute atomic E-state index is 12.0. The average Bonchev–Trinajstić information content (AvgIpc) is 2.49. The van der Waals surface area contributed by atoms with Crippen molar-refractivity contribution in [3.05, 3.63) is 30.3 Å². The number of ether oxygens (including phenoxy) is 3. The van der Waals surface area contributed by atoms with E-state index in [9.17, 15) is 9.59 Å². The van der Waals surface area contributed by atoms with Crippen molar-refractivity contribution in [2.45, 2.75) is 59.4 Å². The van der Waals surface area contributed by atoms with Gasteiger partial charge in [0.15, 0.2) is 0 Å². The third-order valence-electron chi connectivity index (χ3n) is 3.23. The first kappa shape index (κ1) is 20.8. The first-order valence-corrected chi connectivity index (χ1v) is 8.46. The van der Waals surface area contributed by atoms with Gasteiger partial charge in [-0.1, -0.05) is 32.0 Å². The van der Waals surface area contributed by atoms with Crippen LogP contribution in [0.15, 0.2) is 30.3 Å². The summed E-state index contributed by atoms with van der Waals surface area (Å²) in [5, 5.41) is 2.39. The van der Waals surface area contributed by atoms with Gasteiger partial charge in [-0.25, -0.2) is 4.79 Å². The molecule has 0 bridgehead atoms. The molecule has 1 aromatic carbocycles. The van der Waals surface area contributed by atoms with Crippen molar-refractivity contribution < 1.29 is 23.8 Å². The number of benzene rings is 1. The van der Waals surface area contributed by atoms with Gasteiger partial charge in [-0.2, -0.15) is 0 Å². The molecule has 0 aliphatic rings. The third kappa shape index (κ3) is 8.42. The molecule has 0 saturated carbocycles. The van der Waals surface area contributed by atoms with Crippen LogP contribution in [0.1, 0.15) is 41.5 Å². The Morgan fingerprint density at radius 3 is 2.20 bits per heavy atom. The Kier molecular flexibility index (Phi) is 7.74. The van der Waals surface area contributed by atoms with Crippen LogP contribution in [-0.2, 0) is 14.3 Å². The van der Waals surface area contributed by atoms with E-state index in [4.69, 9.17) is 14.2 Å². The van der Waals surface area contributed by atoms with Crippen molar-refractivity contribution in [3.8, 4) is 5.75 Å². The number of alkyl carbamates (subject to hydrolysis) is 1. The minimum atomic E-state index is -0.655. The summed E-state index contributed by atoms with van der Waals surface area (Å²) in [6.45, 7) is 10.8. The minimum Gasteiger partial charge on any atom is -0.486 e. The van der Waals surface area contributed by atoms with Crippen LogP contribution in [-0.4, -0.2) is 36.4 Å². The number of hydrogen-bond donors (Lipinski definition) is 1. The Morgan fingerprint density at radius 1 is 1.08 bits per heavy atom. The molecule has 2 atom stereocenters. The molecular formula is C19H29NO5. The molecule has 1 rings (SSSR count). The highest BCUT2D eigenvalue weighted by molar-refractivity contribution is 5.78. The fraction of sp³-hybridized carbons (Fsp3) is 0.579. The molecule has 1 N–H and O–H groups in total. The molecule has 0 radical (unpaired) electrons. The van der Waals surface area contributed by atoms with E-state index >= 15 is 0 Å². The molecule has 1 aromatic rings. The fourth-order valence-corrected chi connectivity index (χ4v) is 2.20. The summed E-state index contributed by atoms with van der Waals surface area (Å²) in [6.07, 6.45) is -1.42.